The highest BCUT2D eigenvalue weighted by Crippen LogP contribution is 2.24. The fraction of sp³-hybridized carbons (Fsp3) is 0.476. The molecule has 0 N–H and O–H groups in total. The largest absolute Gasteiger partial charge is 0.381 e. The van der Waals surface area contributed by atoms with Crippen molar-refractivity contribution in [3.05, 3.63) is 52.5 Å². The molecular formula is C21H25BrN2O3. The fourth-order valence-corrected chi connectivity index (χ4v) is 3.32. The Bertz CT molecular complexity index is 773. The lowest BCUT2D eigenvalue weighted by Gasteiger charge is -2.26. The van der Waals surface area contributed by atoms with Gasteiger partial charge in [0.05, 0.1) is 6.61 Å². The lowest BCUT2D eigenvalue weighted by Crippen LogP contribution is -2.25. The number of hydrogen-bond donors (Lipinski definition) is 0. The molecule has 0 saturated carbocycles. The number of nitrogens with zero attached hydrogens (tertiary/aromatic N) is 2. The minimum Gasteiger partial charge on any atom is -0.381 e. The number of halogens is 1. The van der Waals surface area contributed by atoms with Gasteiger partial charge in [0.15, 0.2) is 6.29 Å². The van der Waals surface area contributed by atoms with Gasteiger partial charge in [0, 0.05) is 36.1 Å². The van der Waals surface area contributed by atoms with Crippen LogP contribution in [0.4, 0.5) is 0 Å². The first-order chi connectivity index (χ1) is 13.2. The Balaban J connectivity index is 1.76. The molecule has 0 radical (unpaired) electrons. The predicted octanol–water partition coefficient (Wildman–Crippen LogP) is 4.49. The van der Waals surface area contributed by atoms with E-state index in [0.717, 1.165) is 41.7 Å². The van der Waals surface area contributed by atoms with E-state index in [-0.39, 0.29) is 18.4 Å². The normalized spacial score (nSPS) is 19.1. The Kier molecular flexibility index (Phi) is 7.48. The van der Waals surface area contributed by atoms with Crippen molar-refractivity contribution in [1.82, 2.24) is 9.55 Å². The van der Waals surface area contributed by atoms with Crippen LogP contribution in [0.5, 0.6) is 0 Å². The van der Waals surface area contributed by atoms with Gasteiger partial charge in [-0.2, -0.15) is 0 Å². The van der Waals surface area contributed by atoms with Gasteiger partial charge in [-0.25, -0.2) is 4.98 Å². The molecule has 3 atom stereocenters. The number of benzene rings is 1. The Morgan fingerprint density at radius 2 is 2.15 bits per heavy atom. The van der Waals surface area contributed by atoms with Gasteiger partial charge in [-0.15, -0.1) is 0 Å². The van der Waals surface area contributed by atoms with Gasteiger partial charge in [0.25, 0.3) is 0 Å². The summed E-state index contributed by atoms with van der Waals surface area (Å²) in [7, 11) is 1.68. The number of imidazole rings is 1. The molecule has 1 aliphatic heterocycles. The molecular weight excluding hydrogens is 408 g/mol. The summed E-state index contributed by atoms with van der Waals surface area (Å²) in [4.78, 5) is 4.50. The summed E-state index contributed by atoms with van der Waals surface area (Å²) in [5.41, 5.74) is 0.959. The molecule has 1 aromatic heterocycles. The van der Waals surface area contributed by atoms with E-state index in [0.29, 0.717) is 6.61 Å². The minimum absolute atomic E-state index is 0.144. The van der Waals surface area contributed by atoms with Crippen LogP contribution < -0.4 is 0 Å². The SMILES string of the molecule is COC[C@H](C#Cc1ccc(Br)cc1)n1ccnc1[C@H](C)OC1CCCCO1. The van der Waals surface area contributed by atoms with Crippen LogP contribution in [0.3, 0.4) is 0 Å². The van der Waals surface area contributed by atoms with E-state index in [1.165, 1.54) is 0 Å². The van der Waals surface area contributed by atoms with E-state index in [1.54, 1.807) is 13.3 Å². The zero-order valence-electron chi connectivity index (χ0n) is 15.7. The van der Waals surface area contributed by atoms with Crippen LogP contribution in [-0.2, 0) is 14.2 Å². The highest BCUT2D eigenvalue weighted by Gasteiger charge is 2.23. The topological polar surface area (TPSA) is 45.5 Å². The quantitative estimate of drug-likeness (QED) is 0.630. The Hall–Kier alpha value is -1.65. The molecule has 1 unspecified atom stereocenters. The van der Waals surface area contributed by atoms with Crippen LogP contribution in [-0.4, -0.2) is 36.2 Å². The summed E-state index contributed by atoms with van der Waals surface area (Å²) in [6, 6.07) is 7.80. The van der Waals surface area contributed by atoms with Crippen LogP contribution >= 0.6 is 15.9 Å². The average Bonchev–Trinajstić information content (AvgIpc) is 3.17. The van der Waals surface area contributed by atoms with Crippen LogP contribution in [0.1, 0.15) is 49.7 Å². The number of aromatic nitrogens is 2. The molecule has 0 spiro atoms. The second-order valence-electron chi connectivity index (χ2n) is 6.51. The third kappa shape index (κ3) is 5.66. The highest BCUT2D eigenvalue weighted by atomic mass is 79.9. The van der Waals surface area contributed by atoms with Crippen molar-refractivity contribution < 1.29 is 14.2 Å². The zero-order valence-corrected chi connectivity index (χ0v) is 17.3. The third-order valence-corrected chi connectivity index (χ3v) is 4.97. The van der Waals surface area contributed by atoms with Crippen LogP contribution in [0, 0.1) is 11.8 Å². The van der Waals surface area contributed by atoms with Gasteiger partial charge >= 0.3 is 0 Å². The number of rotatable bonds is 6. The van der Waals surface area contributed by atoms with E-state index in [4.69, 9.17) is 14.2 Å². The Morgan fingerprint density at radius 1 is 1.33 bits per heavy atom. The van der Waals surface area contributed by atoms with E-state index in [2.05, 4.69) is 32.8 Å². The van der Waals surface area contributed by atoms with Gasteiger partial charge < -0.3 is 18.8 Å². The molecule has 0 aliphatic carbocycles. The molecule has 3 rings (SSSR count). The molecule has 0 amide bonds. The summed E-state index contributed by atoms with van der Waals surface area (Å²) in [6.07, 6.45) is 6.53. The molecule has 27 heavy (non-hydrogen) atoms. The molecule has 1 aliphatic rings. The van der Waals surface area contributed by atoms with Crippen LogP contribution in [0.25, 0.3) is 0 Å². The summed E-state index contributed by atoms with van der Waals surface area (Å²) < 4.78 is 20.2. The van der Waals surface area contributed by atoms with Crippen LogP contribution in [0.2, 0.25) is 0 Å². The van der Waals surface area contributed by atoms with Crippen molar-refractivity contribution in [2.75, 3.05) is 20.3 Å². The summed E-state index contributed by atoms with van der Waals surface area (Å²) >= 11 is 3.44. The summed E-state index contributed by atoms with van der Waals surface area (Å²) in [6.45, 7) is 3.24. The van der Waals surface area contributed by atoms with Gasteiger partial charge in [-0.05, 0) is 50.5 Å². The molecule has 1 saturated heterocycles. The van der Waals surface area contributed by atoms with Crippen molar-refractivity contribution >= 4 is 15.9 Å². The predicted molar refractivity (Wildman–Crippen MR) is 107 cm³/mol. The van der Waals surface area contributed by atoms with Crippen molar-refractivity contribution in [1.29, 1.82) is 0 Å². The van der Waals surface area contributed by atoms with Gasteiger partial charge in [-0.3, -0.25) is 0 Å². The first-order valence-electron chi connectivity index (χ1n) is 9.23. The van der Waals surface area contributed by atoms with E-state index >= 15 is 0 Å². The van der Waals surface area contributed by atoms with E-state index in [1.807, 2.05) is 42.0 Å². The van der Waals surface area contributed by atoms with Crippen LogP contribution in [0.15, 0.2) is 41.1 Å². The molecule has 0 bridgehead atoms. The standard InChI is InChI=1S/C21H25BrN2O3/c1-16(27-20-5-3-4-14-26-20)21-23-12-13-24(21)19(15-25-2)11-8-17-6-9-18(22)10-7-17/h6-7,9-10,12-13,16,19-20H,3-5,14-15H2,1-2H3/t16-,19-,20?/m0/s1. The van der Waals surface area contributed by atoms with Gasteiger partial charge in [-0.1, -0.05) is 27.8 Å². The van der Waals surface area contributed by atoms with Crippen molar-refractivity contribution in [3.63, 3.8) is 0 Å². The number of methoxy groups -OCH3 is 1. The molecule has 2 heterocycles. The van der Waals surface area contributed by atoms with Gasteiger partial charge in [0.1, 0.15) is 18.0 Å². The van der Waals surface area contributed by atoms with Crippen molar-refractivity contribution in [3.8, 4) is 11.8 Å². The Morgan fingerprint density at radius 3 is 2.85 bits per heavy atom. The highest BCUT2D eigenvalue weighted by molar-refractivity contribution is 9.10. The third-order valence-electron chi connectivity index (χ3n) is 4.44. The monoisotopic (exact) mass is 432 g/mol. The summed E-state index contributed by atoms with van der Waals surface area (Å²) in [5.74, 6) is 7.36. The molecule has 1 fully saturated rings. The smallest absolute Gasteiger partial charge is 0.158 e. The fourth-order valence-electron chi connectivity index (χ4n) is 3.06. The second-order valence-corrected chi connectivity index (χ2v) is 7.43. The van der Waals surface area contributed by atoms with Crippen molar-refractivity contribution in [2.24, 2.45) is 0 Å². The van der Waals surface area contributed by atoms with E-state index in [9.17, 15) is 0 Å². The second kappa shape index (κ2) is 10.0. The molecule has 144 valence electrons. The molecule has 6 heteroatoms. The number of ether oxygens (including phenoxy) is 3. The first kappa shape index (κ1) is 20.1. The van der Waals surface area contributed by atoms with E-state index < -0.39 is 0 Å². The maximum absolute atomic E-state index is 6.08. The first-order valence-corrected chi connectivity index (χ1v) is 10.0. The van der Waals surface area contributed by atoms with Crippen molar-refractivity contribution in [2.45, 2.75) is 44.6 Å². The summed E-state index contributed by atoms with van der Waals surface area (Å²) in [5, 5.41) is 0. The molecule has 5 nitrogen and oxygen atoms in total. The zero-order chi connectivity index (χ0) is 19.1. The molecule has 1 aromatic carbocycles. The average molecular weight is 433 g/mol. The Labute approximate surface area is 169 Å². The maximum atomic E-state index is 6.08. The maximum Gasteiger partial charge on any atom is 0.158 e. The molecule has 2 aromatic rings. The lowest BCUT2D eigenvalue weighted by molar-refractivity contribution is -0.188. The number of hydrogen-bond acceptors (Lipinski definition) is 4. The minimum atomic E-state index is -0.183. The lowest BCUT2D eigenvalue weighted by atomic mass is 10.2. The van der Waals surface area contributed by atoms with Gasteiger partial charge in [0.2, 0.25) is 0 Å².